The predicted molar refractivity (Wildman–Crippen MR) is 57.3 cm³/mol. The maximum absolute atomic E-state index is 8.20. The van der Waals surface area contributed by atoms with E-state index in [1.54, 1.807) is 18.2 Å². The summed E-state index contributed by atoms with van der Waals surface area (Å²) >= 11 is 9.02. The normalized spacial score (nSPS) is 9.08. The third-order valence-electron chi connectivity index (χ3n) is 1.41. The van der Waals surface area contributed by atoms with Crippen molar-refractivity contribution in [2.45, 2.75) is 0 Å². The Balaban J connectivity index is 3.16. The van der Waals surface area contributed by atoms with E-state index in [9.17, 15) is 0 Å². The Kier molecular flexibility index (Phi) is 3.37. The molecule has 0 aliphatic carbocycles. The summed E-state index contributed by atoms with van der Waals surface area (Å²) in [6, 6.07) is 5.16. The van der Waals surface area contributed by atoms with Gasteiger partial charge in [0.2, 0.25) is 0 Å². The zero-order valence-corrected chi connectivity index (χ0v) is 8.88. The molecule has 0 aliphatic rings. The van der Waals surface area contributed by atoms with Gasteiger partial charge in [0.05, 0.1) is 0 Å². The Hall–Kier alpha value is -0.960. The third-order valence-corrected chi connectivity index (χ3v) is 2.30. The van der Waals surface area contributed by atoms with Crippen LogP contribution in [0.15, 0.2) is 34.4 Å². The first-order valence-corrected chi connectivity index (χ1v) is 4.51. The lowest BCUT2D eigenvalue weighted by atomic mass is 10.2. The second-order valence-corrected chi connectivity index (χ2v) is 3.55. The van der Waals surface area contributed by atoms with Crippen LogP contribution in [0.5, 0.6) is 0 Å². The topological polar surface area (TPSA) is 48.8 Å². The van der Waals surface area contributed by atoms with Crippen molar-refractivity contribution in [2.24, 2.45) is 5.11 Å². The number of rotatable bonds is 2. The fourth-order valence-electron chi connectivity index (χ4n) is 0.831. The molecule has 5 heteroatoms. The average molecular weight is 259 g/mol. The van der Waals surface area contributed by atoms with Crippen molar-refractivity contribution in [2.75, 3.05) is 0 Å². The highest BCUT2D eigenvalue weighted by Crippen LogP contribution is 2.27. The van der Waals surface area contributed by atoms with Crippen molar-refractivity contribution >= 4 is 33.2 Å². The first kappa shape index (κ1) is 10.1. The number of azide groups is 1. The van der Waals surface area contributed by atoms with E-state index in [-0.39, 0.29) is 0 Å². The van der Waals surface area contributed by atoms with Gasteiger partial charge in [0, 0.05) is 20.1 Å². The second kappa shape index (κ2) is 4.33. The van der Waals surface area contributed by atoms with Gasteiger partial charge < -0.3 is 0 Å². The van der Waals surface area contributed by atoms with E-state index < -0.39 is 0 Å². The highest BCUT2D eigenvalue weighted by atomic mass is 79.9. The molecule has 0 atom stereocenters. The lowest BCUT2D eigenvalue weighted by molar-refractivity contribution is 1.46. The third kappa shape index (κ3) is 2.49. The minimum Gasteiger partial charge on any atom is -0.0888 e. The molecular weight excluding hydrogens is 253 g/mol. The lowest BCUT2D eigenvalue weighted by Gasteiger charge is -2.02. The van der Waals surface area contributed by atoms with Crippen molar-refractivity contribution in [1.82, 2.24) is 0 Å². The van der Waals surface area contributed by atoms with Crippen LogP contribution >= 0.6 is 27.5 Å². The summed E-state index contributed by atoms with van der Waals surface area (Å²) in [5.41, 5.74) is 9.30. The van der Waals surface area contributed by atoms with Crippen LogP contribution in [-0.2, 0) is 0 Å². The van der Waals surface area contributed by atoms with Crippen LogP contribution in [-0.4, -0.2) is 0 Å². The molecule has 13 heavy (non-hydrogen) atoms. The number of benzene rings is 1. The molecule has 0 heterocycles. The van der Waals surface area contributed by atoms with Gasteiger partial charge in [0.25, 0.3) is 0 Å². The zero-order valence-electron chi connectivity index (χ0n) is 6.54. The molecule has 0 radical (unpaired) electrons. The highest BCUT2D eigenvalue weighted by Gasteiger charge is 2.02. The Morgan fingerprint density at radius 2 is 2.31 bits per heavy atom. The SMILES string of the molecule is C=C(N=[N+]=[N-])c1ccc(Cl)cc1Br. The van der Waals surface area contributed by atoms with Crippen LogP contribution in [0.1, 0.15) is 5.56 Å². The van der Waals surface area contributed by atoms with Crippen LogP contribution in [0.2, 0.25) is 5.02 Å². The lowest BCUT2D eigenvalue weighted by Crippen LogP contribution is -1.80. The molecule has 0 aliphatic heterocycles. The Morgan fingerprint density at radius 1 is 1.62 bits per heavy atom. The van der Waals surface area contributed by atoms with Crippen molar-refractivity contribution in [3.05, 3.63) is 50.3 Å². The molecule has 0 N–H and O–H groups in total. The summed E-state index contributed by atoms with van der Waals surface area (Å²) in [6.45, 7) is 3.61. The molecule has 0 bridgehead atoms. The van der Waals surface area contributed by atoms with Gasteiger partial charge in [0.15, 0.2) is 0 Å². The molecular formula is C8H5BrClN3. The molecule has 0 aromatic heterocycles. The molecule has 1 aromatic carbocycles. The van der Waals surface area contributed by atoms with Crippen molar-refractivity contribution in [3.63, 3.8) is 0 Å². The molecule has 0 saturated heterocycles. The Bertz CT molecular complexity index is 396. The molecule has 1 aromatic rings. The smallest absolute Gasteiger partial charge is 0.0417 e. The quantitative estimate of drug-likeness (QED) is 0.429. The standard InChI is InChI=1S/C8H5BrClN3/c1-5(12-13-11)7-3-2-6(10)4-8(7)9/h2-4H,1H2. The minimum atomic E-state index is 0.367. The molecule has 1 rings (SSSR count). The maximum atomic E-state index is 8.20. The van der Waals surface area contributed by atoms with Crippen LogP contribution in [0.25, 0.3) is 16.1 Å². The van der Waals surface area contributed by atoms with Crippen molar-refractivity contribution < 1.29 is 0 Å². The van der Waals surface area contributed by atoms with Crippen molar-refractivity contribution in [3.8, 4) is 0 Å². The molecule has 66 valence electrons. The van der Waals surface area contributed by atoms with E-state index >= 15 is 0 Å². The molecule has 0 unspecified atom stereocenters. The summed E-state index contributed by atoms with van der Waals surface area (Å²) in [6.07, 6.45) is 0. The molecule has 0 fully saturated rings. The fourth-order valence-corrected chi connectivity index (χ4v) is 1.74. The number of hydrogen-bond acceptors (Lipinski definition) is 1. The van der Waals surface area contributed by atoms with Crippen LogP contribution in [0, 0.1) is 0 Å². The highest BCUT2D eigenvalue weighted by molar-refractivity contribution is 9.10. The number of halogens is 2. The number of nitrogens with zero attached hydrogens (tertiary/aromatic N) is 3. The molecule has 0 spiro atoms. The Morgan fingerprint density at radius 3 is 2.85 bits per heavy atom. The van der Waals surface area contributed by atoms with Gasteiger partial charge in [-0.25, -0.2) is 0 Å². The molecule has 0 saturated carbocycles. The van der Waals surface area contributed by atoms with E-state index in [0.717, 1.165) is 10.0 Å². The first-order chi connectivity index (χ1) is 6.15. The van der Waals surface area contributed by atoms with E-state index in [4.69, 9.17) is 17.1 Å². The summed E-state index contributed by atoms with van der Waals surface area (Å²) < 4.78 is 0.761. The average Bonchev–Trinajstić information content (AvgIpc) is 2.04. The van der Waals surface area contributed by atoms with Crippen molar-refractivity contribution in [1.29, 1.82) is 0 Å². The van der Waals surface area contributed by atoms with E-state index in [2.05, 4.69) is 32.5 Å². The maximum Gasteiger partial charge on any atom is 0.0417 e. The van der Waals surface area contributed by atoms with E-state index in [0.29, 0.717) is 10.7 Å². The molecule has 0 amide bonds. The summed E-state index contributed by atoms with van der Waals surface area (Å²) in [5.74, 6) is 0. The first-order valence-electron chi connectivity index (χ1n) is 3.34. The van der Waals surface area contributed by atoms with Gasteiger partial charge in [-0.3, -0.25) is 0 Å². The monoisotopic (exact) mass is 257 g/mol. The largest absolute Gasteiger partial charge is 0.0888 e. The van der Waals surface area contributed by atoms with E-state index in [1.165, 1.54) is 0 Å². The number of hydrogen-bond donors (Lipinski definition) is 0. The van der Waals surface area contributed by atoms with Gasteiger partial charge in [-0.05, 0) is 23.2 Å². The van der Waals surface area contributed by atoms with Crippen LogP contribution in [0.4, 0.5) is 0 Å². The van der Waals surface area contributed by atoms with Gasteiger partial charge in [-0.15, -0.1) is 0 Å². The van der Waals surface area contributed by atoms with Gasteiger partial charge >= 0.3 is 0 Å². The second-order valence-electron chi connectivity index (χ2n) is 2.26. The van der Waals surface area contributed by atoms with Gasteiger partial charge in [-0.2, -0.15) is 0 Å². The minimum absolute atomic E-state index is 0.367. The van der Waals surface area contributed by atoms with Gasteiger partial charge in [-0.1, -0.05) is 45.3 Å². The Labute approximate surface area is 88.8 Å². The molecule has 3 nitrogen and oxygen atoms in total. The van der Waals surface area contributed by atoms with E-state index in [1.807, 2.05) is 0 Å². The van der Waals surface area contributed by atoms with Crippen LogP contribution < -0.4 is 0 Å². The summed E-state index contributed by atoms with van der Waals surface area (Å²) in [4.78, 5) is 2.65. The fraction of sp³-hybridized carbons (Fsp3) is 0. The summed E-state index contributed by atoms with van der Waals surface area (Å²) in [7, 11) is 0. The predicted octanol–water partition coefficient (Wildman–Crippen LogP) is 4.38. The zero-order chi connectivity index (χ0) is 9.84. The van der Waals surface area contributed by atoms with Crippen LogP contribution in [0.3, 0.4) is 0 Å². The van der Waals surface area contributed by atoms with Gasteiger partial charge in [0.1, 0.15) is 0 Å². The summed E-state index contributed by atoms with van der Waals surface area (Å²) in [5, 5.41) is 4.01.